The molecular weight excluding hydrogens is 258 g/mol. The van der Waals surface area contributed by atoms with Crippen LogP contribution in [0.3, 0.4) is 0 Å². The lowest BCUT2D eigenvalue weighted by molar-refractivity contribution is -0.134. The summed E-state index contributed by atoms with van der Waals surface area (Å²) in [6.07, 6.45) is 8.76. The van der Waals surface area contributed by atoms with E-state index in [1.807, 2.05) is 0 Å². The highest BCUT2D eigenvalue weighted by atomic mass is 16.4. The Morgan fingerprint density at radius 1 is 1.10 bits per heavy atom. The van der Waals surface area contributed by atoms with Gasteiger partial charge in [0.15, 0.2) is 0 Å². The molecule has 0 unspecified atom stereocenters. The molecule has 1 aromatic rings. The summed E-state index contributed by atoms with van der Waals surface area (Å²) < 4.78 is 0. The minimum atomic E-state index is -0.952. The molecule has 0 aliphatic rings. The van der Waals surface area contributed by atoms with Gasteiger partial charge in [0.05, 0.1) is 0 Å². The van der Waals surface area contributed by atoms with E-state index < -0.39 is 5.97 Å². The van der Waals surface area contributed by atoms with Crippen molar-refractivity contribution in [2.45, 2.75) is 45.4 Å². The zero-order valence-corrected chi connectivity index (χ0v) is 11.9. The van der Waals surface area contributed by atoms with Crippen molar-refractivity contribution in [1.29, 1.82) is 0 Å². The van der Waals surface area contributed by atoms with Gasteiger partial charge in [0.2, 0.25) is 11.9 Å². The number of carboxylic acids is 1. The summed E-state index contributed by atoms with van der Waals surface area (Å²) in [4.78, 5) is 22.4. The average Bonchev–Trinajstić information content (AvgIpc) is 2.45. The van der Waals surface area contributed by atoms with Gasteiger partial charge in [-0.2, -0.15) is 4.98 Å². The van der Waals surface area contributed by atoms with E-state index >= 15 is 0 Å². The largest absolute Gasteiger partial charge is 0.480 e. The molecule has 0 radical (unpaired) electrons. The second-order valence-corrected chi connectivity index (χ2v) is 4.57. The molecule has 0 aliphatic heterocycles. The number of unbranched alkanes of at least 4 members (excludes halogenated alkanes) is 5. The number of nitrogens with one attached hydrogen (secondary N) is 2. The number of hydrogen-bond acceptors (Lipinski definition) is 6. The molecule has 0 fully saturated rings. The predicted octanol–water partition coefficient (Wildman–Crippen LogP) is 2.14. The van der Waals surface area contributed by atoms with Gasteiger partial charge in [0, 0.05) is 6.54 Å². The first kappa shape index (κ1) is 16.1. The van der Waals surface area contributed by atoms with E-state index in [0.717, 1.165) is 13.0 Å². The van der Waals surface area contributed by atoms with Crippen LogP contribution in [0.4, 0.5) is 11.9 Å². The van der Waals surface area contributed by atoms with Crippen LogP contribution in [0.2, 0.25) is 0 Å². The number of nitrogens with zero attached hydrogens (tertiary/aromatic N) is 3. The van der Waals surface area contributed by atoms with E-state index in [0.29, 0.717) is 5.95 Å². The molecule has 0 saturated carbocycles. The van der Waals surface area contributed by atoms with Gasteiger partial charge in [-0.05, 0) is 6.42 Å². The number of carbonyl (C=O) groups is 1. The fraction of sp³-hybridized carbons (Fsp3) is 0.692. The van der Waals surface area contributed by atoms with Crippen molar-refractivity contribution in [2.24, 2.45) is 0 Å². The van der Waals surface area contributed by atoms with Crippen LogP contribution in [-0.2, 0) is 4.79 Å². The average molecular weight is 281 g/mol. The zero-order valence-electron chi connectivity index (χ0n) is 11.9. The smallest absolute Gasteiger partial charge is 0.322 e. The third-order valence-corrected chi connectivity index (χ3v) is 2.78. The van der Waals surface area contributed by atoms with E-state index in [4.69, 9.17) is 5.11 Å². The highest BCUT2D eigenvalue weighted by Gasteiger charge is 2.02. The van der Waals surface area contributed by atoms with E-state index in [9.17, 15) is 4.79 Å². The first-order chi connectivity index (χ1) is 9.72. The molecule has 1 rings (SSSR count). The molecule has 0 aromatic carbocycles. The van der Waals surface area contributed by atoms with Crippen molar-refractivity contribution < 1.29 is 9.90 Å². The number of hydrogen-bond donors (Lipinski definition) is 3. The highest BCUT2D eigenvalue weighted by molar-refractivity contribution is 5.71. The van der Waals surface area contributed by atoms with E-state index in [1.54, 1.807) is 0 Å². The molecule has 1 aromatic heterocycles. The fourth-order valence-corrected chi connectivity index (χ4v) is 1.73. The van der Waals surface area contributed by atoms with E-state index in [1.165, 1.54) is 38.4 Å². The first-order valence-electron chi connectivity index (χ1n) is 7.11. The maximum Gasteiger partial charge on any atom is 0.322 e. The molecule has 0 saturated heterocycles. The van der Waals surface area contributed by atoms with Gasteiger partial charge >= 0.3 is 5.97 Å². The summed E-state index contributed by atoms with van der Waals surface area (Å²) in [7, 11) is 0. The lowest BCUT2D eigenvalue weighted by Crippen LogP contribution is -2.15. The SMILES string of the molecule is CCCCCCCCNc1ncnc(NCC(=O)O)n1. The summed E-state index contributed by atoms with van der Waals surface area (Å²) >= 11 is 0. The number of aliphatic carboxylic acids is 1. The Morgan fingerprint density at radius 2 is 1.75 bits per heavy atom. The lowest BCUT2D eigenvalue weighted by atomic mass is 10.1. The predicted molar refractivity (Wildman–Crippen MR) is 77.8 cm³/mol. The second-order valence-electron chi connectivity index (χ2n) is 4.57. The Balaban J connectivity index is 2.19. The Morgan fingerprint density at radius 3 is 2.45 bits per heavy atom. The standard InChI is InChI=1S/C13H23N5O2/c1-2-3-4-5-6-7-8-14-12-16-10-17-13(18-12)15-9-11(19)20/h10H,2-9H2,1H3,(H,19,20)(H2,14,15,16,17,18). The van der Waals surface area contributed by atoms with Crippen LogP contribution in [0.1, 0.15) is 45.4 Å². The minimum Gasteiger partial charge on any atom is -0.480 e. The maximum absolute atomic E-state index is 10.4. The molecule has 0 bridgehead atoms. The fourth-order valence-electron chi connectivity index (χ4n) is 1.73. The van der Waals surface area contributed by atoms with Crippen molar-refractivity contribution in [3.63, 3.8) is 0 Å². The van der Waals surface area contributed by atoms with Crippen LogP contribution in [0.25, 0.3) is 0 Å². The molecule has 1 heterocycles. The Hall–Kier alpha value is -1.92. The molecule has 3 N–H and O–H groups in total. The third-order valence-electron chi connectivity index (χ3n) is 2.78. The van der Waals surface area contributed by atoms with Gasteiger partial charge < -0.3 is 15.7 Å². The van der Waals surface area contributed by atoms with Crippen LogP contribution in [-0.4, -0.2) is 39.1 Å². The number of carboxylic acid groups (broad SMARTS) is 1. The van der Waals surface area contributed by atoms with Crippen LogP contribution < -0.4 is 10.6 Å². The summed E-state index contributed by atoms with van der Waals surface area (Å²) in [6.45, 7) is 2.81. The van der Waals surface area contributed by atoms with Crippen LogP contribution >= 0.6 is 0 Å². The van der Waals surface area contributed by atoms with Crippen molar-refractivity contribution in [3.8, 4) is 0 Å². The maximum atomic E-state index is 10.4. The van der Waals surface area contributed by atoms with Gasteiger partial charge in [0.1, 0.15) is 12.9 Å². The van der Waals surface area contributed by atoms with Crippen molar-refractivity contribution in [3.05, 3.63) is 6.33 Å². The number of rotatable bonds is 11. The molecule has 0 atom stereocenters. The molecule has 7 heteroatoms. The minimum absolute atomic E-state index is 0.207. The molecule has 20 heavy (non-hydrogen) atoms. The summed E-state index contributed by atoms with van der Waals surface area (Å²) in [5.41, 5.74) is 0. The summed E-state index contributed by atoms with van der Waals surface area (Å²) in [6, 6.07) is 0. The van der Waals surface area contributed by atoms with Crippen molar-refractivity contribution >= 4 is 17.9 Å². The Kier molecular flexibility index (Phi) is 8.02. The number of aromatic nitrogens is 3. The van der Waals surface area contributed by atoms with Crippen molar-refractivity contribution in [2.75, 3.05) is 23.7 Å². The normalized spacial score (nSPS) is 10.2. The molecular formula is C13H23N5O2. The van der Waals surface area contributed by atoms with Crippen LogP contribution in [0.15, 0.2) is 6.33 Å². The lowest BCUT2D eigenvalue weighted by Gasteiger charge is -2.06. The highest BCUT2D eigenvalue weighted by Crippen LogP contribution is 2.06. The van der Waals surface area contributed by atoms with Gasteiger partial charge in [-0.25, -0.2) is 9.97 Å². The molecule has 0 spiro atoms. The van der Waals surface area contributed by atoms with Gasteiger partial charge in [-0.3, -0.25) is 4.79 Å². The molecule has 0 aliphatic carbocycles. The summed E-state index contributed by atoms with van der Waals surface area (Å²) in [5.74, 6) is -0.207. The second kappa shape index (κ2) is 9.94. The third kappa shape index (κ3) is 7.50. The van der Waals surface area contributed by atoms with E-state index in [2.05, 4.69) is 32.5 Å². The monoisotopic (exact) mass is 281 g/mol. The molecule has 112 valence electrons. The first-order valence-corrected chi connectivity index (χ1v) is 7.11. The van der Waals surface area contributed by atoms with Crippen LogP contribution in [0, 0.1) is 0 Å². The quantitative estimate of drug-likeness (QED) is 0.534. The molecule has 0 amide bonds. The Bertz CT molecular complexity index is 400. The summed E-state index contributed by atoms with van der Waals surface area (Å²) in [5, 5.41) is 14.3. The Labute approximate surface area is 119 Å². The zero-order chi connectivity index (χ0) is 14.6. The van der Waals surface area contributed by atoms with Crippen LogP contribution in [0.5, 0.6) is 0 Å². The van der Waals surface area contributed by atoms with Gasteiger partial charge in [0.25, 0.3) is 0 Å². The van der Waals surface area contributed by atoms with Gasteiger partial charge in [-0.15, -0.1) is 0 Å². The number of anilines is 2. The topological polar surface area (TPSA) is 100 Å². The molecule has 7 nitrogen and oxygen atoms in total. The van der Waals surface area contributed by atoms with Gasteiger partial charge in [-0.1, -0.05) is 39.0 Å². The van der Waals surface area contributed by atoms with Crippen molar-refractivity contribution in [1.82, 2.24) is 15.0 Å². The van der Waals surface area contributed by atoms with E-state index in [-0.39, 0.29) is 12.5 Å².